The van der Waals surface area contributed by atoms with Crippen LogP contribution in [-0.4, -0.2) is 26.2 Å². The zero-order valence-electron chi connectivity index (χ0n) is 9.53. The molecule has 1 rings (SSSR count). The van der Waals surface area contributed by atoms with Crippen LogP contribution >= 0.6 is 11.6 Å². The first-order chi connectivity index (χ1) is 8.06. The number of carbonyl (C=O) groups is 1. The molecule has 6 heteroatoms. The van der Waals surface area contributed by atoms with Gasteiger partial charge in [-0.3, -0.25) is 4.79 Å². The van der Waals surface area contributed by atoms with Gasteiger partial charge in [0, 0.05) is 25.7 Å². The van der Waals surface area contributed by atoms with Gasteiger partial charge in [0.15, 0.2) is 0 Å². The third kappa shape index (κ3) is 3.80. The summed E-state index contributed by atoms with van der Waals surface area (Å²) in [6, 6.07) is 2.90. The van der Waals surface area contributed by atoms with Gasteiger partial charge in [0.1, 0.15) is 10.8 Å². The Balaban J connectivity index is 2.79. The minimum Gasteiger partial charge on any atom is -0.492 e. The fourth-order valence-electron chi connectivity index (χ4n) is 1.25. The maximum Gasteiger partial charge on any atom is 0.248 e. The number of methoxy groups -OCH3 is 1. The molecule has 0 aliphatic heterocycles. The number of amides is 1. The van der Waals surface area contributed by atoms with Gasteiger partial charge >= 0.3 is 0 Å². The van der Waals surface area contributed by atoms with E-state index in [1.54, 1.807) is 7.11 Å². The normalized spacial score (nSPS) is 10.2. The van der Waals surface area contributed by atoms with Gasteiger partial charge in [-0.05, 0) is 12.1 Å². The summed E-state index contributed by atoms with van der Waals surface area (Å²) in [5.74, 6) is -0.216. The van der Waals surface area contributed by atoms with Crippen molar-refractivity contribution in [3.63, 3.8) is 0 Å². The summed E-state index contributed by atoms with van der Waals surface area (Å²) in [7, 11) is 1.61. The van der Waals surface area contributed by atoms with E-state index in [4.69, 9.17) is 32.5 Å². The Bertz CT molecular complexity index is 410. The maximum atomic E-state index is 11.0. The second-order valence-electron chi connectivity index (χ2n) is 3.44. The first kappa shape index (κ1) is 13.6. The highest BCUT2D eigenvalue weighted by Crippen LogP contribution is 2.31. The van der Waals surface area contributed by atoms with Gasteiger partial charge in [0.2, 0.25) is 5.91 Å². The Labute approximate surface area is 105 Å². The largest absolute Gasteiger partial charge is 0.492 e. The van der Waals surface area contributed by atoms with Crippen LogP contribution in [0.3, 0.4) is 0 Å². The molecule has 0 heterocycles. The van der Waals surface area contributed by atoms with Gasteiger partial charge in [-0.15, -0.1) is 0 Å². The molecule has 1 aromatic carbocycles. The van der Waals surface area contributed by atoms with E-state index in [1.807, 2.05) is 0 Å². The molecule has 0 aromatic heterocycles. The van der Waals surface area contributed by atoms with Gasteiger partial charge in [0.25, 0.3) is 0 Å². The van der Waals surface area contributed by atoms with Crippen molar-refractivity contribution >= 4 is 23.2 Å². The Kier molecular flexibility index (Phi) is 5.06. The molecule has 0 saturated heterocycles. The lowest BCUT2D eigenvalue weighted by atomic mass is 10.2. The highest BCUT2D eigenvalue weighted by molar-refractivity contribution is 6.34. The minimum absolute atomic E-state index is 0.268. The second kappa shape index (κ2) is 6.32. The van der Waals surface area contributed by atoms with Crippen molar-refractivity contribution in [2.75, 3.05) is 26.1 Å². The van der Waals surface area contributed by atoms with Crippen LogP contribution in [-0.2, 0) is 4.74 Å². The predicted molar refractivity (Wildman–Crippen MR) is 66.4 cm³/mol. The number of nitrogen functional groups attached to an aromatic ring is 1. The third-order valence-electron chi connectivity index (χ3n) is 2.10. The molecule has 17 heavy (non-hydrogen) atoms. The van der Waals surface area contributed by atoms with Gasteiger partial charge < -0.3 is 20.9 Å². The number of carbonyl (C=O) groups excluding carboxylic acids is 1. The van der Waals surface area contributed by atoms with Crippen LogP contribution in [0.25, 0.3) is 0 Å². The highest BCUT2D eigenvalue weighted by atomic mass is 35.5. The predicted octanol–water partition coefficient (Wildman–Crippen LogP) is 1.44. The Morgan fingerprint density at radius 2 is 2.12 bits per heavy atom. The van der Waals surface area contributed by atoms with E-state index < -0.39 is 5.91 Å². The SMILES string of the molecule is COCCCOc1cc(C(N)=O)cc(N)c1Cl. The summed E-state index contributed by atoms with van der Waals surface area (Å²) in [5, 5.41) is 0.285. The summed E-state index contributed by atoms with van der Waals surface area (Å²) in [6.07, 6.45) is 0.716. The van der Waals surface area contributed by atoms with Crippen molar-refractivity contribution in [2.45, 2.75) is 6.42 Å². The topological polar surface area (TPSA) is 87.6 Å². The van der Waals surface area contributed by atoms with E-state index >= 15 is 0 Å². The Morgan fingerprint density at radius 1 is 1.41 bits per heavy atom. The van der Waals surface area contributed by atoms with E-state index in [0.29, 0.717) is 25.4 Å². The lowest BCUT2D eigenvalue weighted by molar-refractivity contribution is 0.0999. The van der Waals surface area contributed by atoms with Crippen LogP contribution < -0.4 is 16.2 Å². The van der Waals surface area contributed by atoms with Crippen molar-refractivity contribution in [1.29, 1.82) is 0 Å². The fourth-order valence-corrected chi connectivity index (χ4v) is 1.42. The number of rotatable bonds is 6. The molecule has 0 spiro atoms. The molecule has 1 aromatic rings. The number of halogens is 1. The molecule has 0 saturated carbocycles. The van der Waals surface area contributed by atoms with Crippen LogP contribution in [0.2, 0.25) is 5.02 Å². The lowest BCUT2D eigenvalue weighted by Gasteiger charge is -2.10. The summed E-state index contributed by atoms with van der Waals surface area (Å²) in [6.45, 7) is 1.01. The second-order valence-corrected chi connectivity index (χ2v) is 3.81. The smallest absolute Gasteiger partial charge is 0.248 e. The van der Waals surface area contributed by atoms with Crippen molar-refractivity contribution < 1.29 is 14.3 Å². The number of primary amides is 1. The molecule has 0 fully saturated rings. The van der Waals surface area contributed by atoms with Gasteiger partial charge in [-0.25, -0.2) is 0 Å². The third-order valence-corrected chi connectivity index (χ3v) is 2.51. The van der Waals surface area contributed by atoms with E-state index in [1.165, 1.54) is 12.1 Å². The quantitative estimate of drug-likeness (QED) is 0.597. The molecular weight excluding hydrogens is 244 g/mol. The number of hydrogen-bond donors (Lipinski definition) is 2. The summed E-state index contributed by atoms with van der Waals surface area (Å²) >= 11 is 5.95. The van der Waals surface area contributed by atoms with E-state index in [-0.39, 0.29) is 16.3 Å². The highest BCUT2D eigenvalue weighted by Gasteiger charge is 2.11. The van der Waals surface area contributed by atoms with Crippen molar-refractivity contribution in [3.05, 3.63) is 22.7 Å². The zero-order valence-corrected chi connectivity index (χ0v) is 10.3. The number of hydrogen-bond acceptors (Lipinski definition) is 4. The average molecular weight is 259 g/mol. The van der Waals surface area contributed by atoms with Gasteiger partial charge in [0.05, 0.1) is 12.3 Å². The first-order valence-corrected chi connectivity index (χ1v) is 5.44. The lowest BCUT2D eigenvalue weighted by Crippen LogP contribution is -2.12. The van der Waals surface area contributed by atoms with E-state index in [0.717, 1.165) is 0 Å². The molecule has 4 N–H and O–H groups in total. The molecule has 0 aliphatic rings. The number of ether oxygens (including phenoxy) is 2. The summed E-state index contributed by atoms with van der Waals surface area (Å²) < 4.78 is 10.3. The van der Waals surface area contributed by atoms with Crippen molar-refractivity contribution in [3.8, 4) is 5.75 Å². The van der Waals surface area contributed by atoms with Crippen molar-refractivity contribution in [2.24, 2.45) is 5.73 Å². The van der Waals surface area contributed by atoms with Crippen LogP contribution in [0.1, 0.15) is 16.8 Å². The maximum absolute atomic E-state index is 11.0. The van der Waals surface area contributed by atoms with Crippen LogP contribution in [0.5, 0.6) is 5.75 Å². The van der Waals surface area contributed by atoms with Crippen LogP contribution in [0.15, 0.2) is 12.1 Å². The zero-order chi connectivity index (χ0) is 12.8. The monoisotopic (exact) mass is 258 g/mol. The Hall–Kier alpha value is -1.46. The number of anilines is 1. The standard InChI is InChI=1S/C11H15ClN2O3/c1-16-3-2-4-17-9-6-7(11(14)15)5-8(13)10(9)12/h5-6H,2-4,13H2,1H3,(H2,14,15). The number of benzene rings is 1. The van der Waals surface area contributed by atoms with Gasteiger partial charge in [-0.2, -0.15) is 0 Å². The van der Waals surface area contributed by atoms with Crippen molar-refractivity contribution in [1.82, 2.24) is 0 Å². The molecule has 1 amide bonds. The molecule has 0 radical (unpaired) electrons. The molecule has 0 atom stereocenters. The Morgan fingerprint density at radius 3 is 2.71 bits per heavy atom. The van der Waals surface area contributed by atoms with Crippen LogP contribution in [0, 0.1) is 0 Å². The van der Waals surface area contributed by atoms with Crippen LogP contribution in [0.4, 0.5) is 5.69 Å². The van der Waals surface area contributed by atoms with E-state index in [2.05, 4.69) is 0 Å². The average Bonchev–Trinajstić information content (AvgIpc) is 2.29. The van der Waals surface area contributed by atoms with Gasteiger partial charge in [-0.1, -0.05) is 11.6 Å². The van der Waals surface area contributed by atoms with E-state index in [9.17, 15) is 4.79 Å². The molecule has 0 bridgehead atoms. The summed E-state index contributed by atoms with van der Waals surface area (Å²) in [5.41, 5.74) is 11.4. The molecule has 0 unspecified atom stereocenters. The molecule has 5 nitrogen and oxygen atoms in total. The number of nitrogens with two attached hydrogens (primary N) is 2. The first-order valence-electron chi connectivity index (χ1n) is 5.06. The fraction of sp³-hybridized carbons (Fsp3) is 0.364. The molecule has 94 valence electrons. The molecular formula is C11H15ClN2O3. The summed E-state index contributed by atoms with van der Waals surface area (Å²) in [4.78, 5) is 11.0. The molecule has 0 aliphatic carbocycles. The minimum atomic E-state index is -0.574.